The minimum absolute atomic E-state index is 0.366. The molecule has 6 heavy (non-hydrogen) atoms. The van der Waals surface area contributed by atoms with E-state index < -0.39 is 0 Å². The van der Waals surface area contributed by atoms with E-state index in [-0.39, 0.29) is 0 Å². The molecule has 2 unspecified atom stereocenters. The van der Waals surface area contributed by atoms with Crippen LogP contribution in [0.4, 0.5) is 0 Å². The van der Waals surface area contributed by atoms with Crippen LogP contribution in [-0.4, -0.2) is 17.9 Å². The van der Waals surface area contributed by atoms with Crippen molar-refractivity contribution in [1.29, 1.82) is 0 Å². The Morgan fingerprint density at radius 3 is 2.83 bits per heavy atom. The Bertz CT molecular complexity index is 55.7. The van der Waals surface area contributed by atoms with E-state index in [0.29, 0.717) is 6.23 Å². The summed E-state index contributed by atoms with van der Waals surface area (Å²) in [5.41, 5.74) is 3.03. The maximum absolute atomic E-state index is 4.97. The van der Waals surface area contributed by atoms with Crippen molar-refractivity contribution in [2.45, 2.75) is 12.6 Å². The molecule has 2 bridgehead atoms. The first-order chi connectivity index (χ1) is 2.95. The first-order valence-corrected chi connectivity index (χ1v) is 2.16. The van der Waals surface area contributed by atoms with Gasteiger partial charge in [-0.15, -0.1) is 5.17 Å². The number of hydrogen-bond donors (Lipinski definition) is 1. The van der Waals surface area contributed by atoms with Gasteiger partial charge >= 0.3 is 0 Å². The van der Waals surface area contributed by atoms with E-state index in [1.807, 2.05) is 0 Å². The Morgan fingerprint density at radius 2 is 2.67 bits per heavy atom. The molecule has 0 aromatic carbocycles. The van der Waals surface area contributed by atoms with Crippen LogP contribution in [0.25, 0.3) is 0 Å². The SMILES string of the molecule is C1CN2NC1O2. The first-order valence-electron chi connectivity index (χ1n) is 2.16. The van der Waals surface area contributed by atoms with E-state index in [1.165, 1.54) is 0 Å². The highest BCUT2D eigenvalue weighted by Gasteiger charge is 2.34. The molecular formula is C3H6N2O. The lowest BCUT2D eigenvalue weighted by atomic mass is 10.4. The number of hydrazine groups is 1. The van der Waals surface area contributed by atoms with E-state index in [9.17, 15) is 0 Å². The summed E-state index contributed by atoms with van der Waals surface area (Å²) in [5.74, 6) is 0. The molecule has 2 atom stereocenters. The van der Waals surface area contributed by atoms with E-state index in [1.54, 1.807) is 5.17 Å². The fraction of sp³-hybridized carbons (Fsp3) is 1.00. The summed E-state index contributed by atoms with van der Waals surface area (Å²) >= 11 is 0. The Hall–Kier alpha value is -0.120. The van der Waals surface area contributed by atoms with Crippen LogP contribution < -0.4 is 5.43 Å². The molecule has 3 heterocycles. The Labute approximate surface area is 35.8 Å². The van der Waals surface area contributed by atoms with Gasteiger partial charge in [0.15, 0.2) is 0 Å². The average Bonchev–Trinajstić information content (AvgIpc) is 1.72. The summed E-state index contributed by atoms with van der Waals surface area (Å²) in [5, 5.41) is 1.75. The molecule has 0 aromatic rings. The van der Waals surface area contributed by atoms with Gasteiger partial charge in [0.1, 0.15) is 6.23 Å². The van der Waals surface area contributed by atoms with Crippen LogP contribution in [-0.2, 0) is 4.84 Å². The topological polar surface area (TPSA) is 24.5 Å². The van der Waals surface area contributed by atoms with E-state index >= 15 is 0 Å². The van der Waals surface area contributed by atoms with Gasteiger partial charge in [0, 0.05) is 13.0 Å². The first kappa shape index (κ1) is 2.96. The maximum Gasteiger partial charge on any atom is 0.147 e. The quantitative estimate of drug-likeness (QED) is 0.429. The van der Waals surface area contributed by atoms with Crippen molar-refractivity contribution in [3.05, 3.63) is 0 Å². The largest absolute Gasteiger partial charge is 0.264 e. The van der Waals surface area contributed by atoms with Gasteiger partial charge in [0.25, 0.3) is 0 Å². The highest BCUT2D eigenvalue weighted by molar-refractivity contribution is 4.68. The summed E-state index contributed by atoms with van der Waals surface area (Å²) in [6.07, 6.45) is 1.52. The molecule has 0 saturated carbocycles. The Morgan fingerprint density at radius 1 is 1.83 bits per heavy atom. The number of hydrogen-bond acceptors (Lipinski definition) is 3. The molecule has 3 aliphatic heterocycles. The number of fused-ring (bicyclic) bond motifs is 1. The average molecular weight is 86.1 g/mol. The van der Waals surface area contributed by atoms with Gasteiger partial charge in [-0.05, 0) is 0 Å². The predicted molar refractivity (Wildman–Crippen MR) is 19.3 cm³/mol. The highest BCUT2D eigenvalue weighted by atomic mass is 16.8. The van der Waals surface area contributed by atoms with Crippen molar-refractivity contribution in [3.63, 3.8) is 0 Å². The molecule has 0 spiro atoms. The van der Waals surface area contributed by atoms with Crippen LogP contribution in [0, 0.1) is 0 Å². The van der Waals surface area contributed by atoms with Gasteiger partial charge in [-0.2, -0.15) is 0 Å². The number of nitrogens with zero attached hydrogens (tertiary/aromatic N) is 1. The molecule has 3 saturated heterocycles. The standard InChI is InChI=1S/C3H6N2O/c1-2-5-4-3(1)6-5/h3-4H,1-2H2. The number of hydroxylamine groups is 1. The maximum atomic E-state index is 4.97. The minimum atomic E-state index is 0.366. The predicted octanol–water partition coefficient (Wildman–Crippen LogP) is -0.532. The molecule has 0 amide bonds. The normalized spacial score (nSPS) is 52.0. The van der Waals surface area contributed by atoms with Crippen molar-refractivity contribution in [2.24, 2.45) is 0 Å². The van der Waals surface area contributed by atoms with E-state index in [4.69, 9.17) is 4.84 Å². The lowest BCUT2D eigenvalue weighted by molar-refractivity contribution is -0.304. The summed E-state index contributed by atoms with van der Waals surface area (Å²) in [6.45, 7) is 1.06. The molecule has 1 N–H and O–H groups in total. The van der Waals surface area contributed by atoms with Crippen LogP contribution in [0.5, 0.6) is 0 Å². The van der Waals surface area contributed by atoms with Gasteiger partial charge in [-0.3, -0.25) is 4.84 Å². The molecule has 3 aliphatic rings. The van der Waals surface area contributed by atoms with Gasteiger partial charge in [-0.25, -0.2) is 5.43 Å². The van der Waals surface area contributed by atoms with Crippen LogP contribution >= 0.6 is 0 Å². The van der Waals surface area contributed by atoms with Crippen LogP contribution in [0.3, 0.4) is 0 Å². The van der Waals surface area contributed by atoms with E-state index in [2.05, 4.69) is 5.43 Å². The second kappa shape index (κ2) is 0.753. The molecule has 0 radical (unpaired) electrons. The molecule has 3 fully saturated rings. The summed E-state index contributed by atoms with van der Waals surface area (Å²) < 4.78 is 0. The summed E-state index contributed by atoms with van der Waals surface area (Å²) in [4.78, 5) is 4.97. The Kier molecular flexibility index (Phi) is 0.371. The number of rotatable bonds is 0. The number of nitrogens with one attached hydrogen (secondary N) is 1. The smallest absolute Gasteiger partial charge is 0.147 e. The zero-order chi connectivity index (χ0) is 3.98. The molecule has 3 rings (SSSR count). The third-order valence-corrected chi connectivity index (χ3v) is 1.14. The molecule has 34 valence electrons. The molecule has 0 aliphatic carbocycles. The zero-order valence-electron chi connectivity index (χ0n) is 3.35. The van der Waals surface area contributed by atoms with Crippen molar-refractivity contribution < 1.29 is 4.84 Å². The summed E-state index contributed by atoms with van der Waals surface area (Å²) in [6, 6.07) is 0. The van der Waals surface area contributed by atoms with Crippen molar-refractivity contribution in [3.8, 4) is 0 Å². The third kappa shape index (κ3) is 0.194. The zero-order valence-corrected chi connectivity index (χ0v) is 3.35. The van der Waals surface area contributed by atoms with Crippen LogP contribution in [0.15, 0.2) is 0 Å². The molecule has 0 aromatic heterocycles. The van der Waals surface area contributed by atoms with Gasteiger partial charge < -0.3 is 0 Å². The highest BCUT2D eigenvalue weighted by Crippen LogP contribution is 2.17. The lowest BCUT2D eigenvalue weighted by Gasteiger charge is -2.27. The fourth-order valence-corrected chi connectivity index (χ4v) is 0.788. The van der Waals surface area contributed by atoms with Crippen LogP contribution in [0.2, 0.25) is 0 Å². The van der Waals surface area contributed by atoms with Gasteiger partial charge in [0.2, 0.25) is 0 Å². The van der Waals surface area contributed by atoms with Crippen molar-refractivity contribution >= 4 is 0 Å². The second-order valence-electron chi connectivity index (χ2n) is 1.61. The van der Waals surface area contributed by atoms with Crippen LogP contribution in [0.1, 0.15) is 6.42 Å². The molecular weight excluding hydrogens is 80.0 g/mol. The van der Waals surface area contributed by atoms with Crippen molar-refractivity contribution in [2.75, 3.05) is 6.54 Å². The molecule has 3 heteroatoms. The third-order valence-electron chi connectivity index (χ3n) is 1.14. The lowest BCUT2D eigenvalue weighted by Crippen LogP contribution is -2.50. The van der Waals surface area contributed by atoms with Gasteiger partial charge in [-0.1, -0.05) is 0 Å². The second-order valence-corrected chi connectivity index (χ2v) is 1.61. The minimum Gasteiger partial charge on any atom is -0.264 e. The van der Waals surface area contributed by atoms with Crippen molar-refractivity contribution in [1.82, 2.24) is 10.6 Å². The fourth-order valence-electron chi connectivity index (χ4n) is 0.788. The van der Waals surface area contributed by atoms with Gasteiger partial charge in [0.05, 0.1) is 0 Å². The summed E-state index contributed by atoms with van der Waals surface area (Å²) in [7, 11) is 0. The molecule has 3 nitrogen and oxygen atoms in total. The Balaban J connectivity index is 2.16. The monoisotopic (exact) mass is 86.0 g/mol. The van der Waals surface area contributed by atoms with E-state index in [0.717, 1.165) is 13.0 Å².